The quantitative estimate of drug-likeness (QED) is 0.555. The van der Waals surface area contributed by atoms with E-state index in [-0.39, 0.29) is 25.0 Å². The first-order valence-corrected chi connectivity index (χ1v) is 11.8. The molecule has 0 radical (unpaired) electrons. The number of benzene rings is 1. The number of ether oxygens (including phenoxy) is 2. The summed E-state index contributed by atoms with van der Waals surface area (Å²) in [6, 6.07) is 9.72. The van der Waals surface area contributed by atoms with E-state index < -0.39 is 0 Å². The van der Waals surface area contributed by atoms with Crippen molar-refractivity contribution in [3.63, 3.8) is 0 Å². The van der Waals surface area contributed by atoms with Crippen molar-refractivity contribution < 1.29 is 19.1 Å². The van der Waals surface area contributed by atoms with Crippen LogP contribution in [0.25, 0.3) is 0 Å². The lowest BCUT2D eigenvalue weighted by atomic mass is 10.2. The Morgan fingerprint density at radius 1 is 1.22 bits per heavy atom. The van der Waals surface area contributed by atoms with Gasteiger partial charge in [-0.25, -0.2) is 4.98 Å². The molecule has 1 aromatic carbocycles. The smallest absolute Gasteiger partial charge is 0.249 e. The lowest BCUT2D eigenvalue weighted by Gasteiger charge is -2.28. The molecule has 0 atom stereocenters. The zero-order valence-electron chi connectivity index (χ0n) is 18.8. The fraction of sp³-hybridized carbons (Fsp3) is 0.522. The maximum absolute atomic E-state index is 12.8. The molecule has 1 N–H and O–H groups in total. The third kappa shape index (κ3) is 7.98. The summed E-state index contributed by atoms with van der Waals surface area (Å²) in [7, 11) is 0. The van der Waals surface area contributed by atoms with E-state index in [4.69, 9.17) is 9.47 Å². The summed E-state index contributed by atoms with van der Waals surface area (Å²) in [5.41, 5.74) is 1.91. The van der Waals surface area contributed by atoms with Crippen LogP contribution in [0.1, 0.15) is 22.6 Å². The molecule has 0 unspecified atom stereocenters. The Morgan fingerprint density at radius 3 is 2.66 bits per heavy atom. The molecule has 1 saturated heterocycles. The summed E-state index contributed by atoms with van der Waals surface area (Å²) in [4.78, 5) is 34.7. The number of hydrogen-bond acceptors (Lipinski definition) is 7. The molecule has 1 aromatic heterocycles. The van der Waals surface area contributed by atoms with Gasteiger partial charge >= 0.3 is 0 Å². The Bertz CT molecular complexity index is 849. The van der Waals surface area contributed by atoms with E-state index >= 15 is 0 Å². The van der Waals surface area contributed by atoms with Gasteiger partial charge in [0.1, 0.15) is 6.61 Å². The first kappa shape index (κ1) is 24.3. The maximum atomic E-state index is 12.8. The SMILES string of the molecule is Cc1nc(NC(=O)CN(CCCN2CCOCC2)C(=O)COCc2ccccc2)sc1C. The van der Waals surface area contributed by atoms with Crippen molar-refractivity contribution in [2.45, 2.75) is 26.9 Å². The number of carbonyl (C=O) groups is 2. The number of hydrogen-bond donors (Lipinski definition) is 1. The Morgan fingerprint density at radius 2 is 1.97 bits per heavy atom. The third-order valence-electron chi connectivity index (χ3n) is 5.31. The van der Waals surface area contributed by atoms with Crippen molar-refractivity contribution in [2.75, 3.05) is 57.9 Å². The molecular formula is C23H32N4O4S. The molecule has 32 heavy (non-hydrogen) atoms. The number of aryl methyl sites for hydroxylation is 2. The molecule has 2 amide bonds. The number of rotatable bonds is 11. The summed E-state index contributed by atoms with van der Waals surface area (Å²) in [6.07, 6.45) is 0.785. The molecule has 0 saturated carbocycles. The maximum Gasteiger partial charge on any atom is 0.249 e. The molecule has 1 aliphatic heterocycles. The normalized spacial score (nSPS) is 14.3. The number of nitrogens with one attached hydrogen (secondary N) is 1. The van der Waals surface area contributed by atoms with Crippen LogP contribution >= 0.6 is 11.3 Å². The van der Waals surface area contributed by atoms with Gasteiger partial charge < -0.3 is 19.7 Å². The van der Waals surface area contributed by atoms with Crippen LogP contribution in [-0.4, -0.2) is 79.1 Å². The molecule has 0 bridgehead atoms. The number of morpholine rings is 1. The Balaban J connectivity index is 1.51. The fourth-order valence-corrected chi connectivity index (χ4v) is 4.21. The summed E-state index contributed by atoms with van der Waals surface area (Å²) in [6.45, 7) is 8.80. The lowest BCUT2D eigenvalue weighted by molar-refractivity contribution is -0.139. The number of anilines is 1. The van der Waals surface area contributed by atoms with E-state index in [1.807, 2.05) is 44.2 Å². The topological polar surface area (TPSA) is 84.0 Å². The molecule has 8 nitrogen and oxygen atoms in total. The summed E-state index contributed by atoms with van der Waals surface area (Å²) < 4.78 is 11.0. The summed E-state index contributed by atoms with van der Waals surface area (Å²) >= 11 is 1.44. The second kappa shape index (κ2) is 12.6. The van der Waals surface area contributed by atoms with Gasteiger partial charge in [-0.3, -0.25) is 14.5 Å². The van der Waals surface area contributed by atoms with Crippen LogP contribution in [0.5, 0.6) is 0 Å². The van der Waals surface area contributed by atoms with E-state index in [0.717, 1.165) is 55.4 Å². The molecular weight excluding hydrogens is 428 g/mol. The van der Waals surface area contributed by atoms with Crippen LogP contribution < -0.4 is 5.32 Å². The first-order valence-electron chi connectivity index (χ1n) is 10.9. The van der Waals surface area contributed by atoms with E-state index in [1.165, 1.54) is 11.3 Å². The monoisotopic (exact) mass is 460 g/mol. The molecule has 174 valence electrons. The van der Waals surface area contributed by atoms with Gasteiger partial charge in [0.25, 0.3) is 0 Å². The van der Waals surface area contributed by atoms with Crippen molar-refractivity contribution in [3.05, 3.63) is 46.5 Å². The number of aromatic nitrogens is 1. The van der Waals surface area contributed by atoms with Crippen molar-refractivity contribution in [2.24, 2.45) is 0 Å². The number of thiazole rings is 1. The predicted octanol–water partition coefficient (Wildman–Crippen LogP) is 2.47. The average Bonchev–Trinajstić information content (AvgIpc) is 3.10. The highest BCUT2D eigenvalue weighted by Crippen LogP contribution is 2.21. The van der Waals surface area contributed by atoms with Crippen LogP contribution in [0.15, 0.2) is 30.3 Å². The highest BCUT2D eigenvalue weighted by Gasteiger charge is 2.19. The standard InChI is InChI=1S/C23H32N4O4S/c1-18-19(2)32-23(24-18)25-21(28)15-27(10-6-9-26-11-13-30-14-12-26)22(29)17-31-16-20-7-4-3-5-8-20/h3-5,7-8H,6,9-17H2,1-2H3,(H,24,25,28). The van der Waals surface area contributed by atoms with Crippen molar-refractivity contribution >= 4 is 28.3 Å². The molecule has 9 heteroatoms. The molecule has 2 aromatic rings. The Hall–Kier alpha value is -2.33. The minimum Gasteiger partial charge on any atom is -0.379 e. The van der Waals surface area contributed by atoms with Gasteiger partial charge in [0.15, 0.2) is 5.13 Å². The van der Waals surface area contributed by atoms with Gasteiger partial charge in [-0.1, -0.05) is 30.3 Å². The lowest BCUT2D eigenvalue weighted by Crippen LogP contribution is -2.42. The van der Waals surface area contributed by atoms with Crippen molar-refractivity contribution in [1.29, 1.82) is 0 Å². The summed E-state index contributed by atoms with van der Waals surface area (Å²) in [5.74, 6) is -0.439. The second-order valence-corrected chi connectivity index (χ2v) is 9.01. The van der Waals surface area contributed by atoms with Crippen LogP contribution in [0.4, 0.5) is 5.13 Å². The van der Waals surface area contributed by atoms with Crippen molar-refractivity contribution in [1.82, 2.24) is 14.8 Å². The fourth-order valence-electron chi connectivity index (χ4n) is 3.38. The molecule has 1 aliphatic rings. The molecule has 2 heterocycles. The van der Waals surface area contributed by atoms with Gasteiger partial charge in [-0.2, -0.15) is 0 Å². The minimum absolute atomic E-state index is 0.0195. The van der Waals surface area contributed by atoms with Crippen LogP contribution in [-0.2, 0) is 25.7 Å². The molecule has 3 rings (SSSR count). The Labute approximate surface area is 193 Å². The largest absolute Gasteiger partial charge is 0.379 e. The van der Waals surface area contributed by atoms with Gasteiger partial charge in [-0.05, 0) is 25.8 Å². The van der Waals surface area contributed by atoms with Crippen LogP contribution in [0, 0.1) is 13.8 Å². The molecule has 0 aliphatic carbocycles. The highest BCUT2D eigenvalue weighted by molar-refractivity contribution is 7.15. The van der Waals surface area contributed by atoms with Crippen LogP contribution in [0.3, 0.4) is 0 Å². The third-order valence-corrected chi connectivity index (χ3v) is 6.29. The summed E-state index contributed by atoms with van der Waals surface area (Å²) in [5, 5.41) is 3.38. The van der Waals surface area contributed by atoms with E-state index in [9.17, 15) is 9.59 Å². The van der Waals surface area contributed by atoms with E-state index in [1.54, 1.807) is 4.90 Å². The van der Waals surface area contributed by atoms with E-state index in [2.05, 4.69) is 15.2 Å². The number of carbonyl (C=O) groups excluding carboxylic acids is 2. The van der Waals surface area contributed by atoms with Gasteiger partial charge in [0.05, 0.1) is 32.1 Å². The first-order chi connectivity index (χ1) is 15.5. The van der Waals surface area contributed by atoms with Gasteiger partial charge in [-0.15, -0.1) is 11.3 Å². The molecule has 0 spiro atoms. The highest BCUT2D eigenvalue weighted by atomic mass is 32.1. The van der Waals surface area contributed by atoms with Gasteiger partial charge in [0.2, 0.25) is 11.8 Å². The second-order valence-electron chi connectivity index (χ2n) is 7.81. The number of nitrogens with zero attached hydrogens (tertiary/aromatic N) is 3. The average molecular weight is 461 g/mol. The zero-order chi connectivity index (χ0) is 22.8. The zero-order valence-corrected chi connectivity index (χ0v) is 19.7. The molecule has 1 fully saturated rings. The van der Waals surface area contributed by atoms with E-state index in [0.29, 0.717) is 18.3 Å². The minimum atomic E-state index is -0.249. The Kier molecular flexibility index (Phi) is 9.61. The van der Waals surface area contributed by atoms with Crippen LogP contribution in [0.2, 0.25) is 0 Å². The number of amides is 2. The van der Waals surface area contributed by atoms with Gasteiger partial charge in [0, 0.05) is 31.1 Å². The predicted molar refractivity (Wildman–Crippen MR) is 125 cm³/mol. The van der Waals surface area contributed by atoms with Crippen molar-refractivity contribution in [3.8, 4) is 0 Å².